The molecule has 1 N–H and O–H groups in total. The molecule has 0 radical (unpaired) electrons. The maximum atomic E-state index is 13.8. The predicted octanol–water partition coefficient (Wildman–Crippen LogP) is 6.75. The van der Waals surface area contributed by atoms with E-state index in [4.69, 9.17) is 31.2 Å². The summed E-state index contributed by atoms with van der Waals surface area (Å²) in [5, 5.41) is 19.4. The van der Waals surface area contributed by atoms with E-state index in [-0.39, 0.29) is 52.2 Å². The molecule has 39 heavy (non-hydrogen) atoms. The fourth-order valence-corrected chi connectivity index (χ4v) is 5.59. The molecule has 0 aromatic heterocycles. The summed E-state index contributed by atoms with van der Waals surface area (Å²) < 4.78 is 57.6. The predicted molar refractivity (Wildman–Crippen MR) is 140 cm³/mol. The number of nitrogens with zero attached hydrogens (tertiary/aromatic N) is 2. The van der Waals surface area contributed by atoms with Crippen LogP contribution in [0.2, 0.25) is 5.02 Å². The Morgan fingerprint density at radius 2 is 1.69 bits per heavy atom. The average Bonchev–Trinajstić information content (AvgIpc) is 2.86. The summed E-state index contributed by atoms with van der Waals surface area (Å²) in [5.74, 6) is -1.90. The van der Waals surface area contributed by atoms with E-state index < -0.39 is 29.0 Å². The highest BCUT2D eigenvalue weighted by atomic mass is 35.5. The van der Waals surface area contributed by atoms with E-state index in [2.05, 4.69) is 6.07 Å². The molecule has 2 aliphatic rings. The van der Waals surface area contributed by atoms with Gasteiger partial charge in [0.1, 0.15) is 29.0 Å². The van der Waals surface area contributed by atoms with Gasteiger partial charge in [-0.05, 0) is 30.0 Å². The highest BCUT2D eigenvalue weighted by Crippen LogP contribution is 2.54. The summed E-state index contributed by atoms with van der Waals surface area (Å²) in [7, 11) is 4.30. The number of carbonyl (C=O) groups excluding carboxylic acids is 1. The first-order valence-electron chi connectivity index (χ1n) is 12.0. The quantitative estimate of drug-likeness (QED) is 0.434. The van der Waals surface area contributed by atoms with Crippen LogP contribution in [0.15, 0.2) is 41.6 Å². The summed E-state index contributed by atoms with van der Waals surface area (Å²) in [6, 6.07) is 8.08. The number of nitriles is 1. The Kier molecular flexibility index (Phi) is 7.34. The highest BCUT2D eigenvalue weighted by Gasteiger charge is 2.50. The van der Waals surface area contributed by atoms with Gasteiger partial charge in [-0.25, -0.2) is 0 Å². The van der Waals surface area contributed by atoms with Gasteiger partial charge in [-0.3, -0.25) is 15.1 Å². The van der Waals surface area contributed by atoms with Crippen molar-refractivity contribution >= 4 is 28.9 Å². The number of carbonyl (C=O) groups is 1. The Morgan fingerprint density at radius 1 is 1.08 bits per heavy atom. The third kappa shape index (κ3) is 4.91. The Morgan fingerprint density at radius 3 is 2.21 bits per heavy atom. The van der Waals surface area contributed by atoms with Gasteiger partial charge >= 0.3 is 6.18 Å². The van der Waals surface area contributed by atoms with E-state index in [0.29, 0.717) is 17.0 Å². The van der Waals surface area contributed by atoms with Crippen molar-refractivity contribution in [2.24, 2.45) is 11.3 Å². The second-order valence-electron chi connectivity index (χ2n) is 10.2. The zero-order valence-corrected chi connectivity index (χ0v) is 22.8. The lowest BCUT2D eigenvalue weighted by Gasteiger charge is -2.46. The van der Waals surface area contributed by atoms with Crippen molar-refractivity contribution in [2.75, 3.05) is 26.2 Å². The van der Waals surface area contributed by atoms with E-state index in [9.17, 15) is 23.2 Å². The largest absolute Gasteiger partial charge is 0.496 e. The lowest BCUT2D eigenvalue weighted by molar-refractivity contribution is -0.137. The number of ketones is 1. The van der Waals surface area contributed by atoms with E-state index in [1.165, 1.54) is 26.2 Å². The molecule has 0 bridgehead atoms. The topological polar surface area (TPSA) is 95.6 Å². The van der Waals surface area contributed by atoms with Gasteiger partial charge in [0.2, 0.25) is 0 Å². The standard InChI is InChI=1S/C28H27ClF3N3O4/c1-27(2)11-19-24(20(36)12-27)23(25-21(38-4)9-15(37-3)10-22(25)39-5)16(13-33)26(34)35(19)18-8-14(28(30,31)32)6-7-17(18)29/h6-10,16,23,34H,11-12H2,1-5H3. The molecule has 11 heteroatoms. The summed E-state index contributed by atoms with van der Waals surface area (Å²) in [6.07, 6.45) is -4.28. The molecule has 2 aromatic carbocycles. The molecule has 4 rings (SSSR count). The molecular formula is C28H27ClF3N3O4. The fourth-order valence-electron chi connectivity index (χ4n) is 5.38. The minimum atomic E-state index is -4.67. The van der Waals surface area contributed by atoms with Crippen molar-refractivity contribution < 1.29 is 32.2 Å². The number of hydrogen-bond acceptors (Lipinski definition) is 6. The first-order valence-corrected chi connectivity index (χ1v) is 12.4. The number of ether oxygens (including phenoxy) is 3. The number of rotatable bonds is 5. The van der Waals surface area contributed by atoms with Crippen LogP contribution in [0.5, 0.6) is 17.2 Å². The fraction of sp³-hybridized carbons (Fsp3) is 0.393. The molecule has 1 aliphatic carbocycles. The Labute approximate surface area is 229 Å². The van der Waals surface area contributed by atoms with Crippen LogP contribution in [0.3, 0.4) is 0 Å². The van der Waals surface area contributed by atoms with Gasteiger partial charge in [0.25, 0.3) is 0 Å². The Bertz CT molecular complexity index is 1400. The number of nitrogens with one attached hydrogen (secondary N) is 1. The van der Waals surface area contributed by atoms with Crippen molar-refractivity contribution in [1.82, 2.24) is 0 Å². The zero-order chi connectivity index (χ0) is 28.9. The van der Waals surface area contributed by atoms with Gasteiger partial charge in [0.15, 0.2) is 5.78 Å². The zero-order valence-electron chi connectivity index (χ0n) is 22.0. The number of anilines is 1. The van der Waals surface area contributed by atoms with E-state index in [1.807, 2.05) is 13.8 Å². The molecule has 1 aliphatic heterocycles. The average molecular weight is 562 g/mol. The summed E-state index contributed by atoms with van der Waals surface area (Å²) in [5.41, 5.74) is -0.756. The van der Waals surface area contributed by atoms with Gasteiger partial charge in [0.05, 0.1) is 43.7 Å². The maximum absolute atomic E-state index is 13.8. The number of benzene rings is 2. The molecule has 7 nitrogen and oxygen atoms in total. The number of methoxy groups -OCH3 is 3. The molecule has 0 fully saturated rings. The number of hydrogen-bond donors (Lipinski definition) is 1. The summed E-state index contributed by atoms with van der Waals surface area (Å²) >= 11 is 6.41. The minimum absolute atomic E-state index is 0.0508. The van der Waals surface area contributed by atoms with Gasteiger partial charge in [-0.2, -0.15) is 18.4 Å². The maximum Gasteiger partial charge on any atom is 0.416 e. The van der Waals surface area contributed by atoms with Crippen molar-refractivity contribution in [1.29, 1.82) is 10.7 Å². The van der Waals surface area contributed by atoms with Crippen LogP contribution >= 0.6 is 11.6 Å². The van der Waals surface area contributed by atoms with Crippen LogP contribution in [0.25, 0.3) is 0 Å². The summed E-state index contributed by atoms with van der Waals surface area (Å²) in [4.78, 5) is 15.1. The van der Waals surface area contributed by atoms with Crippen molar-refractivity contribution in [3.8, 4) is 23.3 Å². The molecule has 0 amide bonds. The lowest BCUT2D eigenvalue weighted by Crippen LogP contribution is -2.48. The SMILES string of the molecule is COc1cc(OC)c(C2C3=C(CC(C)(C)CC3=O)N(c3cc(C(F)(F)F)ccc3Cl)C(=N)C2C#N)c(OC)c1. The molecule has 0 spiro atoms. The van der Waals surface area contributed by atoms with Gasteiger partial charge in [0, 0.05) is 41.3 Å². The molecule has 2 unspecified atom stereocenters. The van der Waals surface area contributed by atoms with E-state index in [1.54, 1.807) is 12.1 Å². The molecule has 2 atom stereocenters. The molecule has 206 valence electrons. The van der Waals surface area contributed by atoms with Crippen LogP contribution in [0.1, 0.15) is 43.7 Å². The van der Waals surface area contributed by atoms with Crippen LogP contribution in [0, 0.1) is 28.1 Å². The first kappa shape index (κ1) is 28.3. The number of alkyl halides is 3. The molecule has 0 saturated carbocycles. The number of allylic oxidation sites excluding steroid dienone is 2. The minimum Gasteiger partial charge on any atom is -0.496 e. The molecule has 1 heterocycles. The molecular weight excluding hydrogens is 535 g/mol. The normalized spacial score (nSPS) is 20.9. The van der Waals surface area contributed by atoms with Crippen molar-refractivity contribution in [2.45, 2.75) is 38.8 Å². The van der Waals surface area contributed by atoms with Crippen LogP contribution in [0.4, 0.5) is 18.9 Å². The van der Waals surface area contributed by atoms with Crippen LogP contribution in [-0.2, 0) is 11.0 Å². The lowest BCUT2D eigenvalue weighted by atomic mass is 9.66. The highest BCUT2D eigenvalue weighted by molar-refractivity contribution is 6.34. The van der Waals surface area contributed by atoms with Crippen molar-refractivity contribution in [3.05, 3.63) is 57.8 Å². The molecule has 2 aromatic rings. The van der Waals surface area contributed by atoms with E-state index >= 15 is 0 Å². The third-order valence-corrected chi connectivity index (χ3v) is 7.38. The second kappa shape index (κ2) is 10.1. The monoisotopic (exact) mass is 561 g/mol. The van der Waals surface area contributed by atoms with Crippen LogP contribution < -0.4 is 19.1 Å². The number of amidine groups is 1. The van der Waals surface area contributed by atoms with Gasteiger partial charge in [-0.1, -0.05) is 25.4 Å². The van der Waals surface area contributed by atoms with E-state index in [0.717, 1.165) is 18.2 Å². The molecule has 0 saturated heterocycles. The Hall–Kier alpha value is -3.71. The smallest absolute Gasteiger partial charge is 0.416 e. The van der Waals surface area contributed by atoms with Gasteiger partial charge in [-0.15, -0.1) is 0 Å². The van der Waals surface area contributed by atoms with Crippen LogP contribution in [-0.4, -0.2) is 32.9 Å². The van der Waals surface area contributed by atoms with Crippen molar-refractivity contribution in [3.63, 3.8) is 0 Å². The third-order valence-electron chi connectivity index (χ3n) is 7.06. The van der Waals surface area contributed by atoms with Gasteiger partial charge < -0.3 is 14.2 Å². The number of Topliss-reactive ketones (excluding diaryl/α,β-unsaturated/α-hetero) is 1. The second-order valence-corrected chi connectivity index (χ2v) is 10.6. The Balaban J connectivity index is 2.09. The number of halogens is 4. The summed E-state index contributed by atoms with van der Waals surface area (Å²) in [6.45, 7) is 3.73. The first-order chi connectivity index (χ1) is 18.3.